The Bertz CT molecular complexity index is 1760. The molecular formula is C34H30N2O4. The molecule has 0 spiro atoms. The highest BCUT2D eigenvalue weighted by molar-refractivity contribution is 6.00. The molecular weight excluding hydrogens is 500 g/mol. The standard InChI is InChI=1S/C34H30N2O4/c1-3-17-35(34(39)28-15-14-26-11-7-8-12-27(26)19-28)22-32(37)36(20-25-9-5-4-6-10-25)21-29-23-40-31-16-13-24(2)18-30(31)33(29)38/h3-16,18-19,23H,1,17,20-22H2,2H3. The van der Waals surface area contributed by atoms with Gasteiger partial charge in [-0.05, 0) is 47.5 Å². The summed E-state index contributed by atoms with van der Waals surface area (Å²) >= 11 is 0. The van der Waals surface area contributed by atoms with Gasteiger partial charge in [0.2, 0.25) is 5.91 Å². The van der Waals surface area contributed by atoms with Gasteiger partial charge in [0.15, 0.2) is 5.43 Å². The summed E-state index contributed by atoms with van der Waals surface area (Å²) in [5.74, 6) is -0.553. The van der Waals surface area contributed by atoms with Crippen molar-refractivity contribution in [3.05, 3.63) is 142 Å². The number of amides is 2. The molecule has 200 valence electrons. The van der Waals surface area contributed by atoms with Crippen molar-refractivity contribution in [2.45, 2.75) is 20.0 Å². The average molecular weight is 531 g/mol. The predicted molar refractivity (Wildman–Crippen MR) is 158 cm³/mol. The minimum atomic E-state index is -0.288. The number of nitrogens with zero attached hydrogens (tertiary/aromatic N) is 2. The van der Waals surface area contributed by atoms with Crippen molar-refractivity contribution < 1.29 is 14.0 Å². The van der Waals surface area contributed by atoms with Gasteiger partial charge in [-0.2, -0.15) is 0 Å². The molecule has 6 nitrogen and oxygen atoms in total. The first kappa shape index (κ1) is 26.6. The third kappa shape index (κ3) is 5.86. The molecule has 0 radical (unpaired) electrons. The van der Waals surface area contributed by atoms with Crippen LogP contribution < -0.4 is 5.43 Å². The fourth-order valence-electron chi connectivity index (χ4n) is 4.78. The molecule has 0 aliphatic heterocycles. The van der Waals surface area contributed by atoms with E-state index in [0.29, 0.717) is 22.1 Å². The molecule has 0 bridgehead atoms. The van der Waals surface area contributed by atoms with E-state index in [1.54, 1.807) is 29.2 Å². The summed E-state index contributed by atoms with van der Waals surface area (Å²) in [6.45, 7) is 6.06. The molecule has 0 fully saturated rings. The Labute approximate surface area is 232 Å². The van der Waals surface area contributed by atoms with Crippen LogP contribution >= 0.6 is 0 Å². The van der Waals surface area contributed by atoms with Crippen molar-refractivity contribution in [1.29, 1.82) is 0 Å². The van der Waals surface area contributed by atoms with Crippen LogP contribution in [-0.2, 0) is 17.9 Å². The Kier molecular flexibility index (Phi) is 7.87. The van der Waals surface area contributed by atoms with Crippen LogP contribution in [0.5, 0.6) is 0 Å². The van der Waals surface area contributed by atoms with E-state index in [-0.39, 0.29) is 43.4 Å². The lowest BCUT2D eigenvalue weighted by atomic mass is 10.1. The van der Waals surface area contributed by atoms with E-state index in [1.165, 1.54) is 11.2 Å². The Morgan fingerprint density at radius 3 is 2.38 bits per heavy atom. The van der Waals surface area contributed by atoms with Gasteiger partial charge in [0, 0.05) is 18.7 Å². The van der Waals surface area contributed by atoms with Crippen LogP contribution in [0.2, 0.25) is 0 Å². The normalized spacial score (nSPS) is 10.9. The van der Waals surface area contributed by atoms with E-state index in [2.05, 4.69) is 6.58 Å². The summed E-state index contributed by atoms with van der Waals surface area (Å²) in [6, 6.07) is 28.3. The largest absolute Gasteiger partial charge is 0.464 e. The summed E-state index contributed by atoms with van der Waals surface area (Å²) < 4.78 is 5.74. The molecule has 1 heterocycles. The first-order valence-corrected chi connectivity index (χ1v) is 13.1. The third-order valence-electron chi connectivity index (χ3n) is 6.89. The van der Waals surface area contributed by atoms with Crippen LogP contribution in [0, 0.1) is 6.92 Å². The molecule has 1 aromatic heterocycles. The maximum Gasteiger partial charge on any atom is 0.254 e. The van der Waals surface area contributed by atoms with E-state index in [1.807, 2.05) is 79.7 Å². The van der Waals surface area contributed by atoms with Gasteiger partial charge in [0.1, 0.15) is 12.1 Å². The smallest absolute Gasteiger partial charge is 0.254 e. The molecule has 0 saturated carbocycles. The van der Waals surface area contributed by atoms with Crippen LogP contribution in [0.15, 0.2) is 119 Å². The molecule has 0 aliphatic carbocycles. The summed E-state index contributed by atoms with van der Waals surface area (Å²) in [4.78, 5) is 43.7. The number of carbonyl (C=O) groups excluding carboxylic acids is 2. The van der Waals surface area contributed by atoms with Gasteiger partial charge < -0.3 is 14.2 Å². The van der Waals surface area contributed by atoms with Crippen molar-refractivity contribution in [2.24, 2.45) is 0 Å². The zero-order valence-electron chi connectivity index (χ0n) is 22.4. The van der Waals surface area contributed by atoms with E-state index < -0.39 is 0 Å². The summed E-state index contributed by atoms with van der Waals surface area (Å²) in [5.41, 5.74) is 3.05. The lowest BCUT2D eigenvalue weighted by Crippen LogP contribution is -2.43. The van der Waals surface area contributed by atoms with Crippen LogP contribution in [0.3, 0.4) is 0 Å². The summed E-state index contributed by atoms with van der Waals surface area (Å²) in [5, 5.41) is 2.45. The topological polar surface area (TPSA) is 70.8 Å². The molecule has 0 aliphatic rings. The van der Waals surface area contributed by atoms with Crippen LogP contribution in [-0.4, -0.2) is 34.7 Å². The minimum absolute atomic E-state index is 0.0477. The monoisotopic (exact) mass is 530 g/mol. The fraction of sp³-hybridized carbons (Fsp3) is 0.147. The number of fused-ring (bicyclic) bond motifs is 2. The van der Waals surface area contributed by atoms with Gasteiger partial charge in [-0.1, -0.05) is 78.4 Å². The summed E-state index contributed by atoms with van der Waals surface area (Å²) in [7, 11) is 0. The number of benzene rings is 4. The van der Waals surface area contributed by atoms with Crippen molar-refractivity contribution in [3.63, 3.8) is 0 Å². The van der Waals surface area contributed by atoms with Gasteiger partial charge in [0.05, 0.1) is 23.8 Å². The Hall–Kier alpha value is -4.97. The first-order valence-electron chi connectivity index (χ1n) is 13.1. The maximum atomic E-state index is 13.8. The molecule has 2 amide bonds. The zero-order valence-corrected chi connectivity index (χ0v) is 22.4. The Balaban J connectivity index is 1.44. The van der Waals surface area contributed by atoms with E-state index >= 15 is 0 Å². The van der Waals surface area contributed by atoms with Gasteiger partial charge in [-0.3, -0.25) is 14.4 Å². The molecule has 0 N–H and O–H groups in total. The van der Waals surface area contributed by atoms with Crippen molar-refractivity contribution in [2.75, 3.05) is 13.1 Å². The van der Waals surface area contributed by atoms with Gasteiger partial charge in [0.25, 0.3) is 5.91 Å². The zero-order chi connectivity index (χ0) is 28.1. The number of rotatable bonds is 9. The second kappa shape index (κ2) is 11.8. The molecule has 0 atom stereocenters. The Morgan fingerprint density at radius 1 is 0.850 bits per heavy atom. The predicted octanol–water partition coefficient (Wildman–Crippen LogP) is 6.11. The highest BCUT2D eigenvalue weighted by atomic mass is 16.3. The highest BCUT2D eigenvalue weighted by Crippen LogP contribution is 2.19. The molecule has 5 rings (SSSR count). The molecule has 0 saturated heterocycles. The third-order valence-corrected chi connectivity index (χ3v) is 6.89. The van der Waals surface area contributed by atoms with Crippen molar-refractivity contribution in [3.8, 4) is 0 Å². The Morgan fingerprint density at radius 2 is 1.60 bits per heavy atom. The lowest BCUT2D eigenvalue weighted by molar-refractivity contribution is -0.133. The molecule has 0 unspecified atom stereocenters. The van der Waals surface area contributed by atoms with Crippen molar-refractivity contribution >= 4 is 33.6 Å². The molecule has 6 heteroatoms. The van der Waals surface area contributed by atoms with Crippen LogP contribution in [0.25, 0.3) is 21.7 Å². The minimum Gasteiger partial charge on any atom is -0.464 e. The molecule has 5 aromatic rings. The highest BCUT2D eigenvalue weighted by Gasteiger charge is 2.23. The number of carbonyl (C=O) groups is 2. The van der Waals surface area contributed by atoms with Crippen LogP contribution in [0.1, 0.15) is 27.0 Å². The summed E-state index contributed by atoms with van der Waals surface area (Å²) in [6.07, 6.45) is 3.03. The number of aryl methyl sites for hydroxylation is 1. The van der Waals surface area contributed by atoms with E-state index in [0.717, 1.165) is 21.9 Å². The second-order valence-corrected chi connectivity index (χ2v) is 9.86. The second-order valence-electron chi connectivity index (χ2n) is 9.86. The van der Waals surface area contributed by atoms with E-state index in [9.17, 15) is 14.4 Å². The number of hydrogen-bond donors (Lipinski definition) is 0. The van der Waals surface area contributed by atoms with E-state index in [4.69, 9.17) is 4.42 Å². The SMILES string of the molecule is C=CCN(CC(=O)N(Cc1ccccc1)Cc1coc2ccc(C)cc2c1=O)C(=O)c1ccc2ccccc2c1. The molecule has 4 aromatic carbocycles. The molecule has 40 heavy (non-hydrogen) atoms. The average Bonchev–Trinajstić information content (AvgIpc) is 2.98. The van der Waals surface area contributed by atoms with Crippen LogP contribution in [0.4, 0.5) is 0 Å². The fourth-order valence-corrected chi connectivity index (χ4v) is 4.78. The van der Waals surface area contributed by atoms with Gasteiger partial charge >= 0.3 is 0 Å². The van der Waals surface area contributed by atoms with Gasteiger partial charge in [-0.25, -0.2) is 0 Å². The maximum absolute atomic E-state index is 13.8. The number of hydrogen-bond acceptors (Lipinski definition) is 4. The van der Waals surface area contributed by atoms with Gasteiger partial charge in [-0.15, -0.1) is 6.58 Å². The first-order chi connectivity index (χ1) is 19.4. The van der Waals surface area contributed by atoms with Crippen molar-refractivity contribution in [1.82, 2.24) is 9.80 Å². The lowest BCUT2D eigenvalue weighted by Gasteiger charge is -2.27. The quantitative estimate of drug-likeness (QED) is 0.216.